The average Bonchev–Trinajstić information content (AvgIpc) is 2.81. The summed E-state index contributed by atoms with van der Waals surface area (Å²) in [5, 5.41) is 5.71. The summed E-state index contributed by atoms with van der Waals surface area (Å²) < 4.78 is 7.31. The van der Waals surface area contributed by atoms with Crippen LogP contribution in [0.2, 0.25) is 5.04 Å². The Morgan fingerprint density at radius 3 is 1.97 bits per heavy atom. The Kier molecular flexibility index (Phi) is 6.74. The van der Waals surface area contributed by atoms with E-state index in [1.807, 2.05) is 0 Å². The van der Waals surface area contributed by atoms with Crippen molar-refractivity contribution in [1.29, 1.82) is 0 Å². The van der Waals surface area contributed by atoms with E-state index in [0.717, 1.165) is 25.7 Å². The number of rotatable bonds is 5. The van der Waals surface area contributed by atoms with E-state index in [1.54, 1.807) is 6.20 Å². The Morgan fingerprint density at radius 1 is 0.970 bits per heavy atom. The number of hydrogen-bond acceptors (Lipinski definition) is 5. The smallest absolute Gasteiger partial charge is 0.261 e. The van der Waals surface area contributed by atoms with Gasteiger partial charge >= 0.3 is 0 Å². The van der Waals surface area contributed by atoms with E-state index in [4.69, 9.17) is 27.5 Å². The van der Waals surface area contributed by atoms with E-state index in [1.165, 1.54) is 10.4 Å². The molecule has 1 heterocycles. The number of benzene rings is 2. The van der Waals surface area contributed by atoms with Crippen molar-refractivity contribution >= 4 is 35.6 Å². The maximum absolute atomic E-state index is 7.31. The Hall–Kier alpha value is -2.12. The molecule has 0 spiro atoms. The fourth-order valence-electron chi connectivity index (χ4n) is 5.40. The lowest BCUT2D eigenvalue weighted by Crippen LogP contribution is -2.68. The van der Waals surface area contributed by atoms with Gasteiger partial charge in [0.1, 0.15) is 0 Å². The van der Waals surface area contributed by atoms with E-state index in [-0.39, 0.29) is 22.4 Å². The summed E-state index contributed by atoms with van der Waals surface area (Å²) >= 11 is 6.13. The lowest BCUT2D eigenvalue weighted by molar-refractivity contribution is 0.101. The Balaban J connectivity index is 1.63. The highest BCUT2D eigenvalue weighted by atomic mass is 35.5. The van der Waals surface area contributed by atoms with Crippen molar-refractivity contribution < 1.29 is 4.43 Å². The van der Waals surface area contributed by atoms with E-state index in [2.05, 4.69) is 91.7 Å². The van der Waals surface area contributed by atoms with Crippen LogP contribution in [0.3, 0.4) is 0 Å². The molecule has 1 fully saturated rings. The third-order valence-electron chi connectivity index (χ3n) is 7.15. The van der Waals surface area contributed by atoms with Crippen molar-refractivity contribution in [2.75, 3.05) is 0 Å². The first-order chi connectivity index (χ1) is 15.7. The second kappa shape index (κ2) is 9.26. The Morgan fingerprint density at radius 2 is 1.48 bits per heavy atom. The fourth-order valence-corrected chi connectivity index (χ4v) is 10.3. The van der Waals surface area contributed by atoms with Gasteiger partial charge in [0.15, 0.2) is 11.0 Å². The first-order valence-electron chi connectivity index (χ1n) is 11.7. The molecule has 4 rings (SSSR count). The number of nitrogens with one attached hydrogen (secondary N) is 1. The Labute approximate surface area is 203 Å². The third-order valence-corrected chi connectivity index (χ3v) is 12.4. The summed E-state index contributed by atoms with van der Waals surface area (Å²) in [5.74, 6) is 0.128. The van der Waals surface area contributed by atoms with Crippen molar-refractivity contribution in [1.82, 2.24) is 5.32 Å². The van der Waals surface area contributed by atoms with Crippen molar-refractivity contribution in [2.24, 2.45) is 22.4 Å². The minimum atomic E-state index is -2.57. The van der Waals surface area contributed by atoms with E-state index < -0.39 is 14.0 Å². The SMILES string of the molecule is CC(C)(C)[Si](OC1CCC(C2(N)N=C(Cl)NC=C2N)CC1)(c1ccccc1)c1ccccc1. The average molecular weight is 483 g/mol. The zero-order chi connectivity index (χ0) is 23.7. The lowest BCUT2D eigenvalue weighted by Gasteiger charge is -2.47. The molecule has 1 aliphatic carbocycles. The maximum atomic E-state index is 7.31. The molecule has 1 aliphatic heterocycles. The molecule has 1 saturated carbocycles. The number of halogens is 1. The third kappa shape index (κ3) is 4.49. The maximum Gasteiger partial charge on any atom is 0.261 e. The Bertz CT molecular complexity index is 974. The van der Waals surface area contributed by atoms with E-state index in [0.29, 0.717) is 5.70 Å². The van der Waals surface area contributed by atoms with Crippen molar-refractivity contribution in [3.63, 3.8) is 0 Å². The van der Waals surface area contributed by atoms with Crippen LogP contribution in [-0.2, 0) is 4.43 Å². The highest BCUT2D eigenvalue weighted by Gasteiger charge is 2.52. The van der Waals surface area contributed by atoms with Crippen LogP contribution in [0.1, 0.15) is 46.5 Å². The second-order valence-corrected chi connectivity index (χ2v) is 14.8. The highest BCUT2D eigenvalue weighted by molar-refractivity contribution is 6.99. The highest BCUT2D eigenvalue weighted by Crippen LogP contribution is 2.42. The molecular formula is C26H35ClN4OSi. The normalized spacial score (nSPS) is 26.2. The van der Waals surface area contributed by atoms with Gasteiger partial charge < -0.3 is 21.2 Å². The predicted octanol–water partition coefficient (Wildman–Crippen LogP) is 3.77. The number of nitrogens with zero attached hydrogens (tertiary/aromatic N) is 1. The van der Waals surface area contributed by atoms with Gasteiger partial charge in [-0.05, 0) is 52.7 Å². The molecule has 33 heavy (non-hydrogen) atoms. The molecule has 7 heteroatoms. The molecule has 0 radical (unpaired) electrons. The van der Waals surface area contributed by atoms with Crippen LogP contribution in [0.25, 0.3) is 0 Å². The van der Waals surface area contributed by atoms with E-state index >= 15 is 0 Å². The first kappa shape index (κ1) is 24.0. The molecule has 0 bridgehead atoms. The van der Waals surface area contributed by atoms with Crippen LogP contribution in [0, 0.1) is 5.92 Å². The molecule has 2 aromatic carbocycles. The molecule has 1 unspecified atom stereocenters. The molecule has 0 aromatic heterocycles. The molecule has 176 valence electrons. The van der Waals surface area contributed by atoms with Gasteiger partial charge in [-0.15, -0.1) is 0 Å². The summed E-state index contributed by atoms with van der Waals surface area (Å²) in [4.78, 5) is 4.48. The zero-order valence-electron chi connectivity index (χ0n) is 19.7. The van der Waals surface area contributed by atoms with Crippen LogP contribution in [-0.4, -0.2) is 25.4 Å². The largest absolute Gasteiger partial charge is 0.404 e. The van der Waals surface area contributed by atoms with Gasteiger partial charge in [0.05, 0.1) is 5.70 Å². The number of hydrogen-bond donors (Lipinski definition) is 3. The standard InChI is InChI=1S/C26H35ClN4OSi/c1-25(2,3)33(21-10-6-4-7-11-21,22-12-8-5-9-13-22)32-20-16-14-19(15-17-20)26(29)23(28)18-30-24(27)31-26/h4-13,18-20H,14-17,28-29H2,1-3H3,(H,30,31). The van der Waals surface area contributed by atoms with Crippen LogP contribution < -0.4 is 27.2 Å². The summed E-state index contributed by atoms with van der Waals surface area (Å²) in [6.07, 6.45) is 5.44. The van der Waals surface area contributed by atoms with Gasteiger partial charge in [0, 0.05) is 18.2 Å². The minimum absolute atomic E-state index is 0.0400. The van der Waals surface area contributed by atoms with Crippen LogP contribution in [0.5, 0.6) is 0 Å². The van der Waals surface area contributed by atoms with Crippen molar-refractivity contribution in [2.45, 2.75) is 63.3 Å². The van der Waals surface area contributed by atoms with Gasteiger partial charge in [-0.3, -0.25) is 0 Å². The monoisotopic (exact) mass is 482 g/mol. The van der Waals surface area contributed by atoms with Gasteiger partial charge in [-0.1, -0.05) is 81.4 Å². The first-order valence-corrected chi connectivity index (χ1v) is 14.0. The minimum Gasteiger partial charge on any atom is -0.404 e. The molecule has 0 saturated heterocycles. The molecule has 5 nitrogen and oxygen atoms in total. The lowest BCUT2D eigenvalue weighted by atomic mass is 9.78. The van der Waals surface area contributed by atoms with Gasteiger partial charge in [0.2, 0.25) is 0 Å². The number of aliphatic imine (C=N–C) groups is 1. The van der Waals surface area contributed by atoms with Crippen molar-refractivity contribution in [3.8, 4) is 0 Å². The fraction of sp³-hybridized carbons (Fsp3) is 0.423. The van der Waals surface area contributed by atoms with Crippen LogP contribution in [0.4, 0.5) is 0 Å². The summed E-state index contributed by atoms with van der Waals surface area (Å²) in [7, 11) is -2.57. The summed E-state index contributed by atoms with van der Waals surface area (Å²) in [6, 6.07) is 21.6. The van der Waals surface area contributed by atoms with Crippen LogP contribution >= 0.6 is 11.6 Å². The summed E-state index contributed by atoms with van der Waals surface area (Å²) in [5.41, 5.74) is 12.5. The van der Waals surface area contributed by atoms with Crippen LogP contribution in [0.15, 0.2) is 77.6 Å². The summed E-state index contributed by atoms with van der Waals surface area (Å²) in [6.45, 7) is 6.95. The number of amidine groups is 1. The zero-order valence-corrected chi connectivity index (χ0v) is 21.5. The molecular weight excluding hydrogens is 448 g/mol. The number of nitrogens with two attached hydrogens (primary N) is 2. The molecule has 2 aliphatic rings. The molecule has 2 aromatic rings. The molecule has 5 N–H and O–H groups in total. The molecule has 1 atom stereocenters. The predicted molar refractivity (Wildman–Crippen MR) is 140 cm³/mol. The quantitative estimate of drug-likeness (QED) is 0.447. The van der Waals surface area contributed by atoms with Gasteiger partial charge in [-0.25, -0.2) is 4.99 Å². The van der Waals surface area contributed by atoms with Gasteiger partial charge in [0.25, 0.3) is 8.32 Å². The second-order valence-electron chi connectivity index (χ2n) is 10.2. The van der Waals surface area contributed by atoms with Gasteiger partial charge in [-0.2, -0.15) is 0 Å². The van der Waals surface area contributed by atoms with E-state index in [9.17, 15) is 0 Å². The topological polar surface area (TPSA) is 85.7 Å². The van der Waals surface area contributed by atoms with Crippen molar-refractivity contribution in [3.05, 3.63) is 72.6 Å². The molecule has 0 amide bonds.